The van der Waals surface area contributed by atoms with Crippen LogP contribution in [0.5, 0.6) is 5.75 Å². The van der Waals surface area contributed by atoms with Crippen molar-refractivity contribution in [1.29, 1.82) is 0 Å². The third kappa shape index (κ3) is 4.75. The van der Waals surface area contributed by atoms with Crippen molar-refractivity contribution in [2.24, 2.45) is 0 Å². The molecule has 29 heavy (non-hydrogen) atoms. The molecule has 0 atom stereocenters. The fourth-order valence-corrected chi connectivity index (χ4v) is 2.59. The van der Waals surface area contributed by atoms with Crippen LogP contribution in [0.25, 0.3) is 5.69 Å². The molecule has 0 aliphatic heterocycles. The van der Waals surface area contributed by atoms with E-state index in [0.717, 1.165) is 17.7 Å². The number of nitrogens with zero attached hydrogens (tertiary/aromatic N) is 2. The minimum Gasteiger partial charge on any atom is -0.494 e. The van der Waals surface area contributed by atoms with Gasteiger partial charge in [0.15, 0.2) is 17.3 Å². The molecule has 150 valence electrons. The van der Waals surface area contributed by atoms with Crippen LogP contribution in [0.1, 0.15) is 16.1 Å². The number of hydrogen-bond acceptors (Lipinski definition) is 4. The summed E-state index contributed by atoms with van der Waals surface area (Å²) >= 11 is 0. The van der Waals surface area contributed by atoms with Gasteiger partial charge in [-0.3, -0.25) is 9.59 Å². The third-order valence-electron chi connectivity index (χ3n) is 4.02. The van der Waals surface area contributed by atoms with Crippen molar-refractivity contribution >= 4 is 17.5 Å². The molecule has 0 saturated heterocycles. The van der Waals surface area contributed by atoms with E-state index in [4.69, 9.17) is 4.74 Å². The minimum absolute atomic E-state index is 0.0824. The van der Waals surface area contributed by atoms with E-state index in [-0.39, 0.29) is 17.9 Å². The molecular formula is C20H18F2N4O3. The summed E-state index contributed by atoms with van der Waals surface area (Å²) < 4.78 is 32.9. The van der Waals surface area contributed by atoms with Gasteiger partial charge in [-0.1, -0.05) is 6.07 Å². The van der Waals surface area contributed by atoms with E-state index in [2.05, 4.69) is 15.7 Å². The van der Waals surface area contributed by atoms with Gasteiger partial charge in [0.1, 0.15) is 11.4 Å². The number of ether oxygens (including phenoxy) is 1. The average molecular weight is 400 g/mol. The zero-order chi connectivity index (χ0) is 21.0. The van der Waals surface area contributed by atoms with Gasteiger partial charge in [0.25, 0.3) is 5.91 Å². The molecule has 2 N–H and O–H groups in total. The lowest BCUT2D eigenvalue weighted by atomic mass is 10.2. The monoisotopic (exact) mass is 400 g/mol. The molecule has 0 spiro atoms. The Morgan fingerprint density at radius 1 is 1.10 bits per heavy atom. The van der Waals surface area contributed by atoms with Crippen molar-refractivity contribution in [2.75, 3.05) is 19.0 Å². The smallest absolute Gasteiger partial charge is 0.272 e. The van der Waals surface area contributed by atoms with Gasteiger partial charge in [-0.15, -0.1) is 0 Å². The van der Waals surface area contributed by atoms with Crippen LogP contribution in [-0.4, -0.2) is 35.2 Å². The maximum Gasteiger partial charge on any atom is 0.272 e. The van der Waals surface area contributed by atoms with Crippen LogP contribution < -0.4 is 15.4 Å². The zero-order valence-electron chi connectivity index (χ0n) is 15.7. The van der Waals surface area contributed by atoms with Crippen LogP contribution in [0.4, 0.5) is 14.5 Å². The van der Waals surface area contributed by atoms with Gasteiger partial charge < -0.3 is 15.4 Å². The van der Waals surface area contributed by atoms with Crippen LogP contribution in [0.2, 0.25) is 0 Å². The van der Waals surface area contributed by atoms with Gasteiger partial charge in [0, 0.05) is 18.0 Å². The highest BCUT2D eigenvalue weighted by Gasteiger charge is 2.14. The second kappa shape index (κ2) is 8.51. The Bertz CT molecular complexity index is 1070. The number of aryl methyl sites for hydroxylation is 1. The summed E-state index contributed by atoms with van der Waals surface area (Å²) in [6.45, 7) is 1.56. The summed E-state index contributed by atoms with van der Waals surface area (Å²) in [6.07, 6.45) is 1.60. The van der Waals surface area contributed by atoms with E-state index in [0.29, 0.717) is 11.4 Å². The molecule has 1 aromatic heterocycles. The number of carbonyl (C=O) groups is 2. The van der Waals surface area contributed by atoms with Gasteiger partial charge in [0.2, 0.25) is 5.91 Å². The van der Waals surface area contributed by atoms with Crippen LogP contribution >= 0.6 is 0 Å². The molecule has 3 rings (SSSR count). The topological polar surface area (TPSA) is 85.2 Å². The molecule has 0 bridgehead atoms. The highest BCUT2D eigenvalue weighted by Crippen LogP contribution is 2.23. The van der Waals surface area contributed by atoms with E-state index in [1.165, 1.54) is 23.9 Å². The van der Waals surface area contributed by atoms with E-state index in [1.54, 1.807) is 12.3 Å². The van der Waals surface area contributed by atoms with Crippen LogP contribution in [0.15, 0.2) is 48.7 Å². The molecule has 9 heteroatoms. The molecule has 3 aromatic rings. The van der Waals surface area contributed by atoms with Crippen molar-refractivity contribution in [2.45, 2.75) is 6.92 Å². The largest absolute Gasteiger partial charge is 0.494 e. The number of anilines is 1. The molecule has 2 aromatic carbocycles. The molecule has 0 radical (unpaired) electrons. The molecule has 0 aliphatic rings. The number of halogens is 2. The molecule has 0 aliphatic carbocycles. The lowest BCUT2D eigenvalue weighted by Crippen LogP contribution is -2.33. The van der Waals surface area contributed by atoms with Gasteiger partial charge in [0.05, 0.1) is 13.7 Å². The summed E-state index contributed by atoms with van der Waals surface area (Å²) in [4.78, 5) is 24.2. The van der Waals surface area contributed by atoms with E-state index >= 15 is 0 Å². The Balaban J connectivity index is 1.62. The minimum atomic E-state index is -1.08. The Hall–Kier alpha value is -3.75. The van der Waals surface area contributed by atoms with Gasteiger partial charge >= 0.3 is 0 Å². The zero-order valence-corrected chi connectivity index (χ0v) is 15.7. The number of carbonyl (C=O) groups excluding carboxylic acids is 2. The van der Waals surface area contributed by atoms with E-state index < -0.39 is 23.4 Å². The number of nitrogens with one attached hydrogen (secondary N) is 2. The number of rotatable bonds is 6. The van der Waals surface area contributed by atoms with Gasteiger partial charge in [-0.05, 0) is 42.8 Å². The average Bonchev–Trinajstić information content (AvgIpc) is 3.19. The number of hydrogen-bond donors (Lipinski definition) is 2. The van der Waals surface area contributed by atoms with Gasteiger partial charge in [-0.2, -0.15) is 5.10 Å². The molecule has 1 heterocycles. The lowest BCUT2D eigenvalue weighted by Gasteiger charge is -2.09. The second-order valence-electron chi connectivity index (χ2n) is 6.18. The van der Waals surface area contributed by atoms with Crippen LogP contribution in [0.3, 0.4) is 0 Å². The number of methoxy groups -OCH3 is 1. The summed E-state index contributed by atoms with van der Waals surface area (Å²) in [5, 5.41) is 9.01. The van der Waals surface area contributed by atoms with Crippen LogP contribution in [0, 0.1) is 18.6 Å². The summed E-state index contributed by atoms with van der Waals surface area (Å²) in [6, 6.07) is 10.0. The first-order valence-corrected chi connectivity index (χ1v) is 8.61. The first-order chi connectivity index (χ1) is 13.9. The standard InChI is InChI=1S/C20H18F2N4O3/c1-12-3-6-18(29-2)17(9-12)26-8-7-16(25-26)20(28)23-11-19(27)24-13-4-5-14(21)15(22)10-13/h3-10H,11H2,1-2H3,(H,23,28)(H,24,27). The van der Waals surface area contributed by atoms with E-state index in [9.17, 15) is 18.4 Å². The molecule has 0 unspecified atom stereocenters. The number of aromatic nitrogens is 2. The van der Waals surface area contributed by atoms with Crippen molar-refractivity contribution in [3.05, 3.63) is 71.6 Å². The first-order valence-electron chi connectivity index (χ1n) is 8.61. The Labute approximate surface area is 165 Å². The number of amides is 2. The maximum absolute atomic E-state index is 13.2. The molecular weight excluding hydrogens is 382 g/mol. The summed E-state index contributed by atoms with van der Waals surface area (Å²) in [5.74, 6) is -2.66. The van der Waals surface area contributed by atoms with Crippen molar-refractivity contribution < 1.29 is 23.1 Å². The molecule has 0 fully saturated rings. The first kappa shape index (κ1) is 20.0. The molecule has 2 amide bonds. The van der Waals surface area contributed by atoms with E-state index in [1.807, 2.05) is 19.1 Å². The highest BCUT2D eigenvalue weighted by molar-refractivity contribution is 5.98. The molecule has 7 nitrogen and oxygen atoms in total. The van der Waals surface area contributed by atoms with Gasteiger partial charge in [-0.25, -0.2) is 13.5 Å². The Morgan fingerprint density at radius 2 is 1.90 bits per heavy atom. The summed E-state index contributed by atoms with van der Waals surface area (Å²) in [5.41, 5.74) is 1.85. The van der Waals surface area contributed by atoms with Crippen molar-refractivity contribution in [3.8, 4) is 11.4 Å². The Morgan fingerprint density at radius 3 is 2.62 bits per heavy atom. The normalized spacial score (nSPS) is 10.5. The predicted molar refractivity (Wildman–Crippen MR) is 102 cm³/mol. The SMILES string of the molecule is COc1ccc(C)cc1-n1ccc(C(=O)NCC(=O)Nc2ccc(F)c(F)c2)n1. The summed E-state index contributed by atoms with van der Waals surface area (Å²) in [7, 11) is 1.54. The third-order valence-corrected chi connectivity index (χ3v) is 4.02. The quantitative estimate of drug-likeness (QED) is 0.666. The van der Waals surface area contributed by atoms with Crippen molar-refractivity contribution in [1.82, 2.24) is 15.1 Å². The molecule has 0 saturated carbocycles. The second-order valence-corrected chi connectivity index (χ2v) is 6.18. The van der Waals surface area contributed by atoms with Crippen molar-refractivity contribution in [3.63, 3.8) is 0 Å². The Kier molecular flexibility index (Phi) is 5.87. The fourth-order valence-electron chi connectivity index (χ4n) is 2.59. The highest BCUT2D eigenvalue weighted by atomic mass is 19.2. The fraction of sp³-hybridized carbons (Fsp3) is 0.150. The predicted octanol–water partition coefficient (Wildman–Crippen LogP) is 2.84. The van der Waals surface area contributed by atoms with Crippen LogP contribution in [-0.2, 0) is 4.79 Å². The number of benzene rings is 2. The lowest BCUT2D eigenvalue weighted by molar-refractivity contribution is -0.115. The maximum atomic E-state index is 13.2.